The number of hydrogen-bond donors (Lipinski definition) is 2. The third-order valence-corrected chi connectivity index (χ3v) is 5.34. The summed E-state index contributed by atoms with van der Waals surface area (Å²) in [6.07, 6.45) is 8.54. The fourth-order valence-electron chi connectivity index (χ4n) is 3.89. The van der Waals surface area contributed by atoms with Gasteiger partial charge in [0, 0.05) is 31.9 Å². The van der Waals surface area contributed by atoms with E-state index in [1.54, 1.807) is 0 Å². The highest BCUT2D eigenvalue weighted by molar-refractivity contribution is 6.35. The standard InChI is InChI=1S/C20H29N3O2/c1-23-13-5-6-16-14-15(9-10-18(16)23)11-12-21-19(24)20(25)22-17-7-3-2-4-8-17/h9-10,14,17H,2-8,11-13H2,1H3,(H,21,24)(H,22,25). The van der Waals surface area contributed by atoms with E-state index in [0.717, 1.165) is 45.1 Å². The molecule has 136 valence electrons. The number of hydrogen-bond acceptors (Lipinski definition) is 3. The van der Waals surface area contributed by atoms with Crippen molar-refractivity contribution in [1.82, 2.24) is 10.6 Å². The SMILES string of the molecule is CN1CCCc2cc(CCNC(=O)C(=O)NC3CCCCC3)ccc21. The van der Waals surface area contributed by atoms with Crippen LogP contribution in [0.15, 0.2) is 18.2 Å². The van der Waals surface area contributed by atoms with Gasteiger partial charge >= 0.3 is 11.8 Å². The topological polar surface area (TPSA) is 61.4 Å². The van der Waals surface area contributed by atoms with Gasteiger partial charge in [-0.2, -0.15) is 0 Å². The van der Waals surface area contributed by atoms with Crippen molar-refractivity contribution in [2.45, 2.75) is 57.4 Å². The largest absolute Gasteiger partial charge is 0.374 e. The molecule has 0 aromatic heterocycles. The summed E-state index contributed by atoms with van der Waals surface area (Å²) >= 11 is 0. The van der Waals surface area contributed by atoms with Crippen LogP contribution in [0.1, 0.15) is 49.7 Å². The molecule has 1 aromatic rings. The number of fused-ring (bicyclic) bond motifs is 1. The highest BCUT2D eigenvalue weighted by Crippen LogP contribution is 2.26. The van der Waals surface area contributed by atoms with Crippen molar-refractivity contribution in [3.63, 3.8) is 0 Å². The number of benzene rings is 1. The van der Waals surface area contributed by atoms with Crippen LogP contribution in [0, 0.1) is 0 Å². The second-order valence-electron chi connectivity index (χ2n) is 7.30. The molecule has 2 amide bonds. The number of nitrogens with one attached hydrogen (secondary N) is 2. The second kappa shape index (κ2) is 8.37. The zero-order chi connectivity index (χ0) is 17.6. The molecule has 0 bridgehead atoms. The van der Waals surface area contributed by atoms with Gasteiger partial charge in [0.15, 0.2) is 0 Å². The van der Waals surface area contributed by atoms with E-state index in [9.17, 15) is 9.59 Å². The Bertz CT molecular complexity index is 623. The van der Waals surface area contributed by atoms with Gasteiger partial charge in [-0.1, -0.05) is 31.4 Å². The maximum atomic E-state index is 12.0. The van der Waals surface area contributed by atoms with E-state index in [4.69, 9.17) is 0 Å². The van der Waals surface area contributed by atoms with Crippen molar-refractivity contribution in [2.24, 2.45) is 0 Å². The van der Waals surface area contributed by atoms with Gasteiger partial charge in [0.05, 0.1) is 0 Å². The van der Waals surface area contributed by atoms with Crippen molar-refractivity contribution in [2.75, 3.05) is 25.0 Å². The third kappa shape index (κ3) is 4.74. The number of amides is 2. The van der Waals surface area contributed by atoms with Crippen LogP contribution in [-0.2, 0) is 22.4 Å². The number of nitrogens with zero attached hydrogens (tertiary/aromatic N) is 1. The van der Waals surface area contributed by atoms with Crippen LogP contribution in [-0.4, -0.2) is 38.0 Å². The normalized spacial score (nSPS) is 17.7. The highest BCUT2D eigenvalue weighted by Gasteiger charge is 2.20. The van der Waals surface area contributed by atoms with Gasteiger partial charge in [0.25, 0.3) is 0 Å². The Kier molecular flexibility index (Phi) is 5.95. The van der Waals surface area contributed by atoms with Crippen molar-refractivity contribution < 1.29 is 9.59 Å². The molecule has 1 saturated carbocycles. The van der Waals surface area contributed by atoms with Crippen LogP contribution in [0.2, 0.25) is 0 Å². The van der Waals surface area contributed by atoms with E-state index >= 15 is 0 Å². The Balaban J connectivity index is 1.44. The Hall–Kier alpha value is -2.04. The Morgan fingerprint density at radius 3 is 2.72 bits per heavy atom. The van der Waals surface area contributed by atoms with Crippen molar-refractivity contribution in [3.8, 4) is 0 Å². The van der Waals surface area contributed by atoms with Gasteiger partial charge < -0.3 is 15.5 Å². The van der Waals surface area contributed by atoms with E-state index < -0.39 is 11.8 Å². The molecule has 0 saturated heterocycles. The predicted molar refractivity (Wildman–Crippen MR) is 99.8 cm³/mol. The summed E-state index contributed by atoms with van der Waals surface area (Å²) in [6, 6.07) is 6.69. The van der Waals surface area contributed by atoms with Crippen LogP contribution in [0.5, 0.6) is 0 Å². The molecular formula is C20H29N3O2. The molecule has 5 nitrogen and oxygen atoms in total. The molecule has 1 aromatic carbocycles. The van der Waals surface area contributed by atoms with Gasteiger partial charge in [0.1, 0.15) is 0 Å². The first-order valence-electron chi connectivity index (χ1n) is 9.55. The number of rotatable bonds is 4. The summed E-state index contributed by atoms with van der Waals surface area (Å²) in [5.74, 6) is -0.998. The summed E-state index contributed by atoms with van der Waals surface area (Å²) in [6.45, 7) is 1.60. The number of carbonyl (C=O) groups excluding carboxylic acids is 2. The van der Waals surface area contributed by atoms with Crippen molar-refractivity contribution in [3.05, 3.63) is 29.3 Å². The maximum Gasteiger partial charge on any atom is 0.309 e. The zero-order valence-electron chi connectivity index (χ0n) is 15.1. The first kappa shape index (κ1) is 17.8. The number of anilines is 1. The summed E-state index contributed by atoms with van der Waals surface area (Å²) in [4.78, 5) is 26.2. The first-order chi connectivity index (χ1) is 12.1. The number of carbonyl (C=O) groups is 2. The molecule has 1 aliphatic heterocycles. The Morgan fingerprint density at radius 2 is 1.92 bits per heavy atom. The first-order valence-corrected chi connectivity index (χ1v) is 9.55. The molecule has 1 fully saturated rings. The molecule has 5 heteroatoms. The van der Waals surface area contributed by atoms with E-state index in [0.29, 0.717) is 6.54 Å². The van der Waals surface area contributed by atoms with Crippen LogP contribution in [0.25, 0.3) is 0 Å². The summed E-state index contributed by atoms with van der Waals surface area (Å²) in [7, 11) is 2.13. The van der Waals surface area contributed by atoms with Gasteiger partial charge in [-0.15, -0.1) is 0 Å². The summed E-state index contributed by atoms with van der Waals surface area (Å²) < 4.78 is 0. The minimum Gasteiger partial charge on any atom is -0.374 e. The lowest BCUT2D eigenvalue weighted by Crippen LogP contribution is -2.45. The van der Waals surface area contributed by atoms with E-state index in [1.807, 2.05) is 0 Å². The van der Waals surface area contributed by atoms with Crippen LogP contribution >= 0.6 is 0 Å². The van der Waals surface area contributed by atoms with Crippen LogP contribution in [0.4, 0.5) is 5.69 Å². The van der Waals surface area contributed by atoms with Gasteiger partial charge in [0.2, 0.25) is 0 Å². The molecule has 2 N–H and O–H groups in total. The summed E-state index contributed by atoms with van der Waals surface area (Å²) in [5.41, 5.74) is 3.90. The van der Waals surface area contributed by atoms with E-state index in [1.165, 1.54) is 29.7 Å². The fraction of sp³-hybridized carbons (Fsp3) is 0.600. The second-order valence-corrected chi connectivity index (χ2v) is 7.30. The van der Waals surface area contributed by atoms with E-state index in [2.05, 4.69) is 40.8 Å². The van der Waals surface area contributed by atoms with Crippen LogP contribution in [0.3, 0.4) is 0 Å². The minimum atomic E-state index is -0.511. The van der Waals surface area contributed by atoms with E-state index in [-0.39, 0.29) is 6.04 Å². The average Bonchev–Trinajstić information content (AvgIpc) is 2.62. The lowest BCUT2D eigenvalue weighted by atomic mass is 9.95. The molecular weight excluding hydrogens is 314 g/mol. The molecule has 1 aliphatic carbocycles. The van der Waals surface area contributed by atoms with Gasteiger partial charge in [-0.05, 0) is 49.3 Å². The molecule has 2 aliphatic rings. The number of aryl methyl sites for hydroxylation is 1. The minimum absolute atomic E-state index is 0.171. The Labute approximate surface area is 150 Å². The summed E-state index contributed by atoms with van der Waals surface area (Å²) in [5, 5.41) is 5.60. The molecule has 0 atom stereocenters. The van der Waals surface area contributed by atoms with Crippen LogP contribution < -0.4 is 15.5 Å². The predicted octanol–water partition coefficient (Wildman–Crippen LogP) is 2.18. The fourth-order valence-corrected chi connectivity index (χ4v) is 3.89. The van der Waals surface area contributed by atoms with Crippen molar-refractivity contribution in [1.29, 1.82) is 0 Å². The smallest absolute Gasteiger partial charge is 0.309 e. The van der Waals surface area contributed by atoms with Gasteiger partial charge in [-0.3, -0.25) is 9.59 Å². The molecule has 0 unspecified atom stereocenters. The average molecular weight is 343 g/mol. The molecule has 1 heterocycles. The third-order valence-electron chi connectivity index (χ3n) is 5.34. The van der Waals surface area contributed by atoms with Gasteiger partial charge in [-0.25, -0.2) is 0 Å². The maximum absolute atomic E-state index is 12.0. The Morgan fingerprint density at radius 1 is 1.12 bits per heavy atom. The lowest BCUT2D eigenvalue weighted by molar-refractivity contribution is -0.139. The lowest BCUT2D eigenvalue weighted by Gasteiger charge is -2.27. The monoisotopic (exact) mass is 343 g/mol. The highest BCUT2D eigenvalue weighted by atomic mass is 16.2. The zero-order valence-corrected chi connectivity index (χ0v) is 15.1. The van der Waals surface area contributed by atoms with Crippen molar-refractivity contribution >= 4 is 17.5 Å². The molecule has 0 spiro atoms. The molecule has 0 radical (unpaired) electrons. The molecule has 3 rings (SSSR count). The quantitative estimate of drug-likeness (QED) is 0.824. The molecule has 25 heavy (non-hydrogen) atoms.